The molecule has 11 heavy (non-hydrogen) atoms. The van der Waals surface area contributed by atoms with Gasteiger partial charge in [-0.3, -0.25) is 9.29 Å². The van der Waals surface area contributed by atoms with Crippen LogP contribution >= 0.6 is 0 Å². The van der Waals surface area contributed by atoms with Crippen LogP contribution in [0.3, 0.4) is 0 Å². The van der Waals surface area contributed by atoms with Crippen molar-refractivity contribution in [3.63, 3.8) is 0 Å². The lowest BCUT2D eigenvalue weighted by atomic mass is 10.6. The maximum atomic E-state index is 11.3. The van der Waals surface area contributed by atoms with Crippen LogP contribution in [0.1, 0.15) is 0 Å². The molecular formula is C5H12N4O2. The molecule has 0 aromatic rings. The summed E-state index contributed by atoms with van der Waals surface area (Å²) in [5.74, 6) is -0.162. The molecule has 1 heterocycles. The van der Waals surface area contributed by atoms with E-state index in [0.717, 1.165) is 0 Å². The Labute approximate surface area is 64.6 Å². The SMILES string of the molecule is C[N+]1([O-])C[N+](C)([O-])C(N)=C1N. The molecule has 0 spiro atoms. The first-order valence-corrected chi connectivity index (χ1v) is 3.17. The van der Waals surface area contributed by atoms with Gasteiger partial charge < -0.3 is 21.9 Å². The van der Waals surface area contributed by atoms with E-state index in [1.807, 2.05) is 0 Å². The van der Waals surface area contributed by atoms with Gasteiger partial charge in [-0.25, -0.2) is 0 Å². The van der Waals surface area contributed by atoms with Crippen molar-refractivity contribution >= 4 is 0 Å². The van der Waals surface area contributed by atoms with E-state index < -0.39 is 9.29 Å². The highest BCUT2D eigenvalue weighted by molar-refractivity contribution is 4.96. The number of hydrogen-bond acceptors (Lipinski definition) is 4. The van der Waals surface area contributed by atoms with Crippen LogP contribution in [0.5, 0.6) is 0 Å². The molecule has 0 radical (unpaired) electrons. The lowest BCUT2D eigenvalue weighted by Crippen LogP contribution is -2.45. The van der Waals surface area contributed by atoms with Gasteiger partial charge in [0.05, 0.1) is 14.1 Å². The smallest absolute Gasteiger partial charge is 0.284 e. The Morgan fingerprint density at radius 2 is 1.36 bits per heavy atom. The van der Waals surface area contributed by atoms with Gasteiger partial charge in [0, 0.05) is 0 Å². The van der Waals surface area contributed by atoms with E-state index in [2.05, 4.69) is 0 Å². The van der Waals surface area contributed by atoms with Crippen molar-refractivity contribution in [3.8, 4) is 0 Å². The Kier molecular flexibility index (Phi) is 1.40. The largest absolute Gasteiger partial charge is 0.622 e. The third-order valence-electron chi connectivity index (χ3n) is 1.82. The lowest BCUT2D eigenvalue weighted by Gasteiger charge is -2.37. The van der Waals surface area contributed by atoms with Crippen LogP contribution in [0.25, 0.3) is 0 Å². The summed E-state index contributed by atoms with van der Waals surface area (Å²) in [5.41, 5.74) is 10.7. The Morgan fingerprint density at radius 1 is 1.09 bits per heavy atom. The highest BCUT2D eigenvalue weighted by Gasteiger charge is 2.40. The third kappa shape index (κ3) is 1.05. The van der Waals surface area contributed by atoms with E-state index in [-0.39, 0.29) is 18.3 Å². The average molecular weight is 160 g/mol. The minimum atomic E-state index is -0.869. The van der Waals surface area contributed by atoms with Crippen molar-refractivity contribution in [2.24, 2.45) is 11.5 Å². The summed E-state index contributed by atoms with van der Waals surface area (Å²) in [6.45, 7) is -0.183. The minimum Gasteiger partial charge on any atom is -0.622 e. The van der Waals surface area contributed by atoms with Gasteiger partial charge in [0.15, 0.2) is 0 Å². The molecule has 0 amide bonds. The van der Waals surface area contributed by atoms with E-state index in [0.29, 0.717) is 0 Å². The van der Waals surface area contributed by atoms with Crippen LogP contribution in [-0.4, -0.2) is 30.1 Å². The van der Waals surface area contributed by atoms with E-state index in [9.17, 15) is 10.4 Å². The summed E-state index contributed by atoms with van der Waals surface area (Å²) >= 11 is 0. The van der Waals surface area contributed by atoms with Gasteiger partial charge in [0.2, 0.25) is 6.67 Å². The Bertz CT molecular complexity index is 199. The fourth-order valence-electron chi connectivity index (χ4n) is 1.15. The van der Waals surface area contributed by atoms with Gasteiger partial charge in [0.25, 0.3) is 11.6 Å². The summed E-state index contributed by atoms with van der Waals surface area (Å²) in [4.78, 5) is 0. The minimum absolute atomic E-state index is 0.0810. The molecule has 2 atom stereocenters. The topological polar surface area (TPSA) is 98.2 Å². The fraction of sp³-hybridized carbons (Fsp3) is 0.600. The summed E-state index contributed by atoms with van der Waals surface area (Å²) in [6, 6.07) is 0. The van der Waals surface area contributed by atoms with Gasteiger partial charge in [-0.05, 0) is 0 Å². The first-order valence-electron chi connectivity index (χ1n) is 3.17. The summed E-state index contributed by atoms with van der Waals surface area (Å²) in [5, 5.41) is 22.6. The Hall–Kier alpha value is -0.820. The molecule has 0 bridgehead atoms. The van der Waals surface area contributed by atoms with Gasteiger partial charge in [-0.2, -0.15) is 0 Å². The third-order valence-corrected chi connectivity index (χ3v) is 1.82. The van der Waals surface area contributed by atoms with Crippen molar-refractivity contribution in [2.45, 2.75) is 0 Å². The Morgan fingerprint density at radius 3 is 1.45 bits per heavy atom. The quantitative estimate of drug-likeness (QED) is 0.346. The Balaban J connectivity index is 3.09. The highest BCUT2D eigenvalue weighted by Crippen LogP contribution is 2.26. The van der Waals surface area contributed by atoms with Gasteiger partial charge >= 0.3 is 0 Å². The molecule has 0 aromatic heterocycles. The number of hydrogen-bond donors (Lipinski definition) is 2. The molecule has 0 aromatic carbocycles. The molecule has 1 rings (SSSR count). The maximum Gasteiger partial charge on any atom is 0.284 e. The first-order chi connectivity index (χ1) is 4.77. The average Bonchev–Trinajstić information content (AvgIpc) is 1.91. The predicted octanol–water partition coefficient (Wildman–Crippen LogP) is -1.11. The normalized spacial score (nSPS) is 45.1. The maximum absolute atomic E-state index is 11.3. The molecule has 0 aliphatic carbocycles. The number of hydroxylamine groups is 6. The summed E-state index contributed by atoms with van der Waals surface area (Å²) in [7, 11) is 2.62. The molecular weight excluding hydrogens is 148 g/mol. The molecule has 2 unspecified atom stereocenters. The van der Waals surface area contributed by atoms with Crippen molar-refractivity contribution in [3.05, 3.63) is 22.1 Å². The van der Waals surface area contributed by atoms with E-state index in [1.165, 1.54) is 14.1 Å². The summed E-state index contributed by atoms with van der Waals surface area (Å²) < 4.78 is -1.74. The second kappa shape index (κ2) is 1.86. The molecule has 1 aliphatic rings. The first kappa shape index (κ1) is 8.28. The zero-order chi connectivity index (χ0) is 8.86. The van der Waals surface area contributed by atoms with Crippen LogP contribution in [0, 0.1) is 10.4 Å². The molecule has 64 valence electrons. The van der Waals surface area contributed by atoms with Gasteiger partial charge in [-0.15, -0.1) is 0 Å². The van der Waals surface area contributed by atoms with Crippen molar-refractivity contribution in [1.82, 2.24) is 0 Å². The second-order valence-corrected chi connectivity index (χ2v) is 3.11. The van der Waals surface area contributed by atoms with Gasteiger partial charge in [0.1, 0.15) is 0 Å². The van der Waals surface area contributed by atoms with E-state index in [4.69, 9.17) is 11.5 Å². The molecule has 1 aliphatic heterocycles. The summed E-state index contributed by atoms with van der Waals surface area (Å²) in [6.07, 6.45) is 0. The number of quaternary nitrogens is 2. The molecule has 4 N–H and O–H groups in total. The van der Waals surface area contributed by atoms with Gasteiger partial charge in [-0.1, -0.05) is 0 Å². The van der Waals surface area contributed by atoms with Crippen molar-refractivity contribution < 1.29 is 9.29 Å². The standard InChI is InChI=1S/C5H12N4O2/c1-8(10)3-9(2,11)5(7)4(8)6/h3,6-7H2,1-2H3. The number of nitrogens with two attached hydrogens (primary N) is 2. The molecule has 6 nitrogen and oxygen atoms in total. The van der Waals surface area contributed by atoms with Crippen molar-refractivity contribution in [2.75, 3.05) is 20.8 Å². The fourth-order valence-corrected chi connectivity index (χ4v) is 1.15. The molecule has 6 heteroatoms. The van der Waals surface area contributed by atoms with E-state index >= 15 is 0 Å². The molecule has 0 saturated heterocycles. The van der Waals surface area contributed by atoms with Crippen molar-refractivity contribution in [1.29, 1.82) is 0 Å². The van der Waals surface area contributed by atoms with E-state index in [1.54, 1.807) is 0 Å². The molecule has 0 saturated carbocycles. The predicted molar refractivity (Wildman–Crippen MR) is 39.4 cm³/mol. The zero-order valence-electron chi connectivity index (χ0n) is 6.57. The number of nitrogens with zero attached hydrogens (tertiary/aromatic N) is 2. The second-order valence-electron chi connectivity index (χ2n) is 3.11. The van der Waals surface area contributed by atoms with Crippen LogP contribution in [0.15, 0.2) is 11.6 Å². The zero-order valence-corrected chi connectivity index (χ0v) is 6.57. The van der Waals surface area contributed by atoms with Crippen LogP contribution in [0.4, 0.5) is 0 Å². The number of rotatable bonds is 0. The lowest BCUT2D eigenvalue weighted by molar-refractivity contribution is -0.977. The molecule has 0 fully saturated rings. The monoisotopic (exact) mass is 160 g/mol. The van der Waals surface area contributed by atoms with Crippen LogP contribution < -0.4 is 11.5 Å². The van der Waals surface area contributed by atoms with Crippen LogP contribution in [0.2, 0.25) is 0 Å². The van der Waals surface area contributed by atoms with Crippen LogP contribution in [-0.2, 0) is 0 Å². The highest BCUT2D eigenvalue weighted by atomic mass is 16.6.